The smallest absolute Gasteiger partial charge is 0.407 e. The van der Waals surface area contributed by atoms with E-state index in [9.17, 15) is 17.6 Å². The van der Waals surface area contributed by atoms with Crippen molar-refractivity contribution in [1.82, 2.24) is 23.8 Å². The minimum absolute atomic E-state index is 0.0545. The van der Waals surface area contributed by atoms with Gasteiger partial charge in [0.25, 0.3) is 10.0 Å². The first kappa shape index (κ1) is 23.9. The molecule has 1 aliphatic heterocycles. The Bertz CT molecular complexity index is 1590. The van der Waals surface area contributed by atoms with Gasteiger partial charge in [0.15, 0.2) is 23.1 Å². The molecule has 0 spiro atoms. The van der Waals surface area contributed by atoms with Crippen molar-refractivity contribution in [3.05, 3.63) is 65.3 Å². The number of nitrogens with one attached hydrogen (secondary N) is 1. The van der Waals surface area contributed by atoms with E-state index in [0.717, 1.165) is 15.7 Å². The Morgan fingerprint density at radius 2 is 1.97 bits per heavy atom. The first-order chi connectivity index (χ1) is 17.1. The number of halogens is 2. The zero-order valence-electron chi connectivity index (χ0n) is 18.9. The number of benzene rings is 1. The van der Waals surface area contributed by atoms with Gasteiger partial charge in [0.1, 0.15) is 0 Å². The number of rotatable bonds is 5. The molecule has 186 valence electrons. The fourth-order valence-electron chi connectivity index (χ4n) is 4.08. The van der Waals surface area contributed by atoms with Crippen molar-refractivity contribution in [3.63, 3.8) is 0 Å². The predicted molar refractivity (Wildman–Crippen MR) is 131 cm³/mol. The molecule has 0 radical (unpaired) electrons. The molecule has 3 aromatic heterocycles. The van der Waals surface area contributed by atoms with Gasteiger partial charge in [-0.25, -0.2) is 36.5 Å². The van der Waals surface area contributed by atoms with Crippen molar-refractivity contribution >= 4 is 44.6 Å². The van der Waals surface area contributed by atoms with E-state index < -0.39 is 21.9 Å². The van der Waals surface area contributed by atoms with Gasteiger partial charge in [-0.05, 0) is 31.5 Å². The lowest BCUT2D eigenvalue weighted by Gasteiger charge is -2.15. The summed E-state index contributed by atoms with van der Waals surface area (Å²) >= 11 is 6.16. The van der Waals surface area contributed by atoms with E-state index >= 15 is 0 Å². The number of likely N-dealkylation sites (tertiary alicyclic amines) is 1. The highest BCUT2D eigenvalue weighted by molar-refractivity contribution is 7.90. The quantitative estimate of drug-likeness (QED) is 0.396. The molecule has 1 saturated heterocycles. The van der Waals surface area contributed by atoms with Crippen LogP contribution in [0.1, 0.15) is 12.0 Å². The Labute approximate surface area is 210 Å². The highest BCUT2D eigenvalue weighted by Crippen LogP contribution is 2.33. The van der Waals surface area contributed by atoms with Gasteiger partial charge < -0.3 is 15.3 Å². The number of fused-ring (bicyclic) bond motifs is 1. The molecule has 1 atom stereocenters. The van der Waals surface area contributed by atoms with Gasteiger partial charge >= 0.3 is 6.09 Å². The average molecular weight is 531 g/mol. The van der Waals surface area contributed by atoms with E-state index in [0.29, 0.717) is 18.4 Å². The van der Waals surface area contributed by atoms with Gasteiger partial charge in [-0.1, -0.05) is 29.3 Å². The second kappa shape index (κ2) is 9.03. The summed E-state index contributed by atoms with van der Waals surface area (Å²) in [4.78, 5) is 25.1. The first-order valence-corrected chi connectivity index (χ1v) is 12.7. The van der Waals surface area contributed by atoms with Crippen LogP contribution >= 0.6 is 11.6 Å². The maximum atomic E-state index is 14.6. The first-order valence-electron chi connectivity index (χ1n) is 10.9. The van der Waals surface area contributed by atoms with Crippen LogP contribution in [-0.2, 0) is 10.0 Å². The highest BCUT2D eigenvalue weighted by Gasteiger charge is 2.28. The molecule has 10 nitrogen and oxygen atoms in total. The van der Waals surface area contributed by atoms with E-state index in [1.54, 1.807) is 18.2 Å². The van der Waals surface area contributed by atoms with E-state index in [1.807, 2.05) is 6.92 Å². The maximum Gasteiger partial charge on any atom is 0.407 e. The summed E-state index contributed by atoms with van der Waals surface area (Å²) in [6, 6.07) is 7.60. The van der Waals surface area contributed by atoms with Crippen molar-refractivity contribution in [2.24, 2.45) is 0 Å². The van der Waals surface area contributed by atoms with Crippen LogP contribution in [0.15, 0.2) is 53.8 Å². The third kappa shape index (κ3) is 4.33. The van der Waals surface area contributed by atoms with Crippen LogP contribution in [0.3, 0.4) is 0 Å². The monoisotopic (exact) mass is 530 g/mol. The van der Waals surface area contributed by atoms with Gasteiger partial charge in [-0.15, -0.1) is 0 Å². The number of aromatic nitrogens is 4. The van der Waals surface area contributed by atoms with Crippen LogP contribution in [0.4, 0.5) is 15.0 Å². The highest BCUT2D eigenvalue weighted by atomic mass is 35.5. The SMILES string of the molecule is Cc1ccc(S(=O)(=O)n2cc(-c3ncc(F)c(NC4CCN(C(=O)O)C4)n3)c3cc(Cl)cnc32)cc1. The zero-order valence-corrected chi connectivity index (χ0v) is 20.5. The molecular formula is C23H20ClFN6O4S. The van der Waals surface area contributed by atoms with E-state index in [4.69, 9.17) is 16.7 Å². The van der Waals surface area contributed by atoms with E-state index in [-0.39, 0.29) is 45.4 Å². The van der Waals surface area contributed by atoms with Crippen molar-refractivity contribution in [2.75, 3.05) is 18.4 Å². The molecule has 0 saturated carbocycles. The van der Waals surface area contributed by atoms with Crippen LogP contribution in [0.2, 0.25) is 5.02 Å². The molecule has 13 heteroatoms. The number of carboxylic acid groups (broad SMARTS) is 1. The summed E-state index contributed by atoms with van der Waals surface area (Å²) in [6.07, 6.45) is 3.09. The number of hydrogen-bond donors (Lipinski definition) is 2. The van der Waals surface area contributed by atoms with E-state index in [2.05, 4.69) is 20.3 Å². The second-order valence-corrected chi connectivity index (χ2v) is 10.7. The van der Waals surface area contributed by atoms with E-state index in [1.165, 1.54) is 29.4 Å². The Balaban J connectivity index is 1.58. The predicted octanol–water partition coefficient (Wildman–Crippen LogP) is 4.00. The second-order valence-electron chi connectivity index (χ2n) is 8.43. The summed E-state index contributed by atoms with van der Waals surface area (Å²) in [6.45, 7) is 2.36. The molecule has 1 fully saturated rings. The Morgan fingerprint density at radius 1 is 1.22 bits per heavy atom. The topological polar surface area (TPSA) is 130 Å². The standard InChI is InChI=1S/C23H20ClFN6O4S/c1-13-2-4-16(5-3-13)36(34,35)31-12-18(17-8-14(24)9-27-22(17)31)20-26-10-19(25)21(29-20)28-15-6-7-30(11-15)23(32)33/h2-5,8-10,12,15H,6-7,11H2,1H3,(H,32,33)(H,26,28,29). The molecular weight excluding hydrogens is 511 g/mol. The number of carbonyl (C=O) groups is 1. The van der Waals surface area contributed by atoms with Gasteiger partial charge in [0, 0.05) is 42.5 Å². The van der Waals surface area contributed by atoms with Crippen LogP contribution < -0.4 is 5.32 Å². The van der Waals surface area contributed by atoms with Gasteiger partial charge in [-0.2, -0.15) is 0 Å². The molecule has 4 aromatic rings. The number of amides is 1. The lowest BCUT2D eigenvalue weighted by atomic mass is 10.2. The minimum atomic E-state index is -4.03. The molecule has 0 aliphatic carbocycles. The molecule has 2 N–H and O–H groups in total. The Hall–Kier alpha value is -3.77. The van der Waals surface area contributed by atoms with Crippen molar-refractivity contribution in [3.8, 4) is 11.4 Å². The van der Waals surface area contributed by atoms with Gasteiger partial charge in [-0.3, -0.25) is 0 Å². The van der Waals surface area contributed by atoms with Gasteiger partial charge in [0.2, 0.25) is 0 Å². The van der Waals surface area contributed by atoms with Crippen LogP contribution in [-0.4, -0.2) is 62.6 Å². The Morgan fingerprint density at radius 3 is 2.67 bits per heavy atom. The van der Waals surface area contributed by atoms with Crippen LogP contribution in [0.5, 0.6) is 0 Å². The summed E-state index contributed by atoms with van der Waals surface area (Å²) in [5, 5.41) is 12.7. The third-order valence-electron chi connectivity index (χ3n) is 5.94. The van der Waals surface area contributed by atoms with Crippen molar-refractivity contribution in [1.29, 1.82) is 0 Å². The molecule has 1 amide bonds. The number of aryl methyl sites for hydroxylation is 1. The zero-order chi connectivity index (χ0) is 25.6. The fraction of sp³-hybridized carbons (Fsp3) is 0.217. The fourth-order valence-corrected chi connectivity index (χ4v) is 5.56. The molecule has 4 heterocycles. The lowest BCUT2D eigenvalue weighted by Crippen LogP contribution is -2.30. The third-order valence-corrected chi connectivity index (χ3v) is 7.81. The minimum Gasteiger partial charge on any atom is -0.465 e. The number of nitrogens with zero attached hydrogens (tertiary/aromatic N) is 5. The maximum absolute atomic E-state index is 14.6. The molecule has 1 aromatic carbocycles. The lowest BCUT2D eigenvalue weighted by molar-refractivity contribution is 0.155. The summed E-state index contributed by atoms with van der Waals surface area (Å²) < 4.78 is 42.5. The van der Waals surface area contributed by atoms with Crippen molar-refractivity contribution < 1.29 is 22.7 Å². The average Bonchev–Trinajstić information content (AvgIpc) is 3.46. The Kier molecular flexibility index (Phi) is 6.00. The molecule has 36 heavy (non-hydrogen) atoms. The molecule has 5 rings (SSSR count). The number of anilines is 1. The molecule has 0 bridgehead atoms. The van der Waals surface area contributed by atoms with Crippen LogP contribution in [0, 0.1) is 12.7 Å². The summed E-state index contributed by atoms with van der Waals surface area (Å²) in [7, 11) is -4.03. The van der Waals surface area contributed by atoms with Crippen molar-refractivity contribution in [2.45, 2.75) is 24.3 Å². The molecule has 1 unspecified atom stereocenters. The van der Waals surface area contributed by atoms with Crippen LogP contribution in [0.25, 0.3) is 22.4 Å². The normalized spacial score (nSPS) is 16.0. The van der Waals surface area contributed by atoms with Gasteiger partial charge in [0.05, 0.1) is 16.1 Å². The molecule has 1 aliphatic rings. The summed E-state index contributed by atoms with van der Waals surface area (Å²) in [5.41, 5.74) is 1.31. The number of hydrogen-bond acceptors (Lipinski definition) is 7. The summed E-state index contributed by atoms with van der Waals surface area (Å²) in [5.74, 6) is -0.784. The number of pyridine rings is 1. The largest absolute Gasteiger partial charge is 0.465 e.